The molecule has 7 nitrogen and oxygen atoms in total. The van der Waals surface area contributed by atoms with E-state index in [1.54, 1.807) is 19.1 Å². The molecule has 2 rings (SSSR count). The number of benzene rings is 2. The van der Waals surface area contributed by atoms with Crippen LogP contribution >= 0.6 is 0 Å². The third-order valence-electron chi connectivity index (χ3n) is 3.58. The topological polar surface area (TPSA) is 94.0 Å². The van der Waals surface area contributed by atoms with Crippen LogP contribution < -0.4 is 15.6 Å². The molecule has 3 N–H and O–H groups in total. The highest BCUT2D eigenvalue weighted by atomic mass is 16.3. The fourth-order valence-electron chi connectivity index (χ4n) is 2.19. The normalized spacial score (nSPS) is 11.0. The van der Waals surface area contributed by atoms with E-state index in [1.165, 1.54) is 12.1 Å². The molecule has 0 saturated carbocycles. The molecule has 26 heavy (non-hydrogen) atoms. The number of para-hydroxylation sites is 1. The van der Waals surface area contributed by atoms with Gasteiger partial charge in [0.15, 0.2) is 0 Å². The summed E-state index contributed by atoms with van der Waals surface area (Å²) in [5.41, 5.74) is 4.61. The Kier molecular flexibility index (Phi) is 6.32. The molecule has 7 heteroatoms. The summed E-state index contributed by atoms with van der Waals surface area (Å²) in [6, 6.07) is 13.6. The number of hydrogen-bond acceptors (Lipinski definition) is 5. The van der Waals surface area contributed by atoms with E-state index in [0.29, 0.717) is 11.4 Å². The van der Waals surface area contributed by atoms with Gasteiger partial charge in [0.25, 0.3) is 5.91 Å². The van der Waals surface area contributed by atoms with Crippen LogP contribution in [0.3, 0.4) is 0 Å². The van der Waals surface area contributed by atoms with Crippen molar-refractivity contribution in [2.24, 2.45) is 5.10 Å². The van der Waals surface area contributed by atoms with E-state index in [1.807, 2.05) is 43.3 Å². The highest BCUT2D eigenvalue weighted by Crippen LogP contribution is 2.16. The van der Waals surface area contributed by atoms with Crippen molar-refractivity contribution in [1.82, 2.24) is 5.43 Å². The van der Waals surface area contributed by atoms with Crippen molar-refractivity contribution in [3.8, 4) is 5.75 Å². The van der Waals surface area contributed by atoms with E-state index in [-0.39, 0.29) is 23.6 Å². The fraction of sp³-hybridized carbons (Fsp3) is 0.211. The molecule has 2 aromatic carbocycles. The van der Waals surface area contributed by atoms with Gasteiger partial charge in [0.1, 0.15) is 5.75 Å². The fourth-order valence-corrected chi connectivity index (χ4v) is 2.19. The lowest BCUT2D eigenvalue weighted by Gasteiger charge is -2.13. The Morgan fingerprint density at radius 3 is 2.35 bits per heavy atom. The van der Waals surface area contributed by atoms with E-state index in [9.17, 15) is 14.7 Å². The van der Waals surface area contributed by atoms with Gasteiger partial charge in [-0.05, 0) is 43.3 Å². The van der Waals surface area contributed by atoms with Gasteiger partial charge in [0, 0.05) is 31.2 Å². The Morgan fingerprint density at radius 2 is 1.73 bits per heavy atom. The SMILES string of the molecule is C/C(CC(=O)Nc1ccc(N(C)C)cc1)=N/NC(=O)c1ccccc1O. The molecule has 0 aliphatic carbocycles. The maximum absolute atomic E-state index is 12.1. The average Bonchev–Trinajstić information content (AvgIpc) is 2.60. The van der Waals surface area contributed by atoms with Crippen molar-refractivity contribution in [3.05, 3.63) is 54.1 Å². The van der Waals surface area contributed by atoms with Crippen molar-refractivity contribution >= 4 is 28.9 Å². The first kappa shape index (κ1) is 19.0. The van der Waals surface area contributed by atoms with Gasteiger partial charge in [0.2, 0.25) is 5.91 Å². The maximum Gasteiger partial charge on any atom is 0.275 e. The molecule has 0 heterocycles. The second-order valence-corrected chi connectivity index (χ2v) is 5.97. The van der Waals surface area contributed by atoms with Gasteiger partial charge in [-0.25, -0.2) is 5.43 Å². The summed E-state index contributed by atoms with van der Waals surface area (Å²) in [5, 5.41) is 16.3. The van der Waals surface area contributed by atoms with Crippen LogP contribution in [0, 0.1) is 0 Å². The molecule has 0 atom stereocenters. The molecular formula is C19H22N4O3. The Labute approximate surface area is 152 Å². The van der Waals surface area contributed by atoms with Crippen molar-refractivity contribution in [1.29, 1.82) is 0 Å². The lowest BCUT2D eigenvalue weighted by Crippen LogP contribution is -2.21. The highest BCUT2D eigenvalue weighted by Gasteiger charge is 2.10. The standard InChI is InChI=1S/C19H22N4O3/c1-13(21-22-19(26)16-6-4-5-7-17(16)24)12-18(25)20-14-8-10-15(11-9-14)23(2)3/h4-11,24H,12H2,1-3H3,(H,20,25)(H,22,26)/b21-13-. The van der Waals surface area contributed by atoms with Crippen molar-refractivity contribution in [2.75, 3.05) is 24.3 Å². The minimum atomic E-state index is -0.540. The van der Waals surface area contributed by atoms with Crippen LogP contribution in [0.5, 0.6) is 5.75 Å². The third kappa shape index (κ3) is 5.34. The van der Waals surface area contributed by atoms with E-state index < -0.39 is 5.91 Å². The summed E-state index contributed by atoms with van der Waals surface area (Å²) >= 11 is 0. The molecule has 0 aliphatic rings. The van der Waals surface area contributed by atoms with Gasteiger partial charge >= 0.3 is 0 Å². The van der Waals surface area contributed by atoms with Crippen molar-refractivity contribution in [2.45, 2.75) is 13.3 Å². The molecule has 0 unspecified atom stereocenters. The van der Waals surface area contributed by atoms with Crippen LogP contribution in [0.4, 0.5) is 11.4 Å². The summed E-state index contributed by atoms with van der Waals surface area (Å²) in [7, 11) is 3.88. The number of anilines is 2. The number of rotatable bonds is 6. The molecule has 0 aliphatic heterocycles. The van der Waals surface area contributed by atoms with E-state index in [0.717, 1.165) is 5.69 Å². The van der Waals surface area contributed by atoms with Crippen LogP contribution in [-0.4, -0.2) is 36.7 Å². The summed E-state index contributed by atoms with van der Waals surface area (Å²) in [5.74, 6) is -0.903. The number of nitrogens with one attached hydrogen (secondary N) is 2. The minimum Gasteiger partial charge on any atom is -0.507 e. The molecule has 0 spiro atoms. The van der Waals surface area contributed by atoms with Crippen LogP contribution in [0.15, 0.2) is 53.6 Å². The summed E-state index contributed by atoms with van der Waals surface area (Å²) in [6.07, 6.45) is 0.0382. The predicted molar refractivity (Wildman–Crippen MR) is 103 cm³/mol. The Hall–Kier alpha value is -3.35. The molecule has 2 amide bonds. The van der Waals surface area contributed by atoms with Crippen LogP contribution in [0.2, 0.25) is 0 Å². The monoisotopic (exact) mass is 354 g/mol. The minimum absolute atomic E-state index is 0.0382. The number of nitrogens with zero attached hydrogens (tertiary/aromatic N) is 2. The quantitative estimate of drug-likeness (QED) is 0.549. The zero-order chi connectivity index (χ0) is 19.1. The Balaban J connectivity index is 1.89. The first-order valence-corrected chi connectivity index (χ1v) is 8.05. The van der Waals surface area contributed by atoms with Gasteiger partial charge in [0.05, 0.1) is 12.0 Å². The smallest absolute Gasteiger partial charge is 0.275 e. The zero-order valence-electron chi connectivity index (χ0n) is 15.0. The van der Waals surface area contributed by atoms with Crippen LogP contribution in [0.25, 0.3) is 0 Å². The number of phenols is 1. The third-order valence-corrected chi connectivity index (χ3v) is 3.58. The highest BCUT2D eigenvalue weighted by molar-refractivity contribution is 6.06. The summed E-state index contributed by atoms with van der Waals surface area (Å²) in [4.78, 5) is 26.0. The first-order valence-electron chi connectivity index (χ1n) is 8.05. The predicted octanol–water partition coefficient (Wildman–Crippen LogP) is 2.59. The van der Waals surface area contributed by atoms with Gasteiger partial charge in [-0.3, -0.25) is 9.59 Å². The summed E-state index contributed by atoms with van der Waals surface area (Å²) in [6.45, 7) is 1.64. The average molecular weight is 354 g/mol. The van der Waals surface area contributed by atoms with E-state index in [2.05, 4.69) is 15.8 Å². The maximum atomic E-state index is 12.1. The zero-order valence-corrected chi connectivity index (χ0v) is 15.0. The number of hydrogen-bond donors (Lipinski definition) is 3. The number of carbonyl (C=O) groups excluding carboxylic acids is 2. The lowest BCUT2D eigenvalue weighted by atomic mass is 10.2. The Morgan fingerprint density at radius 1 is 1.08 bits per heavy atom. The molecule has 136 valence electrons. The Bertz CT molecular complexity index is 814. The second-order valence-electron chi connectivity index (χ2n) is 5.97. The number of amides is 2. The van der Waals surface area contributed by atoms with Gasteiger partial charge < -0.3 is 15.3 Å². The van der Waals surface area contributed by atoms with E-state index >= 15 is 0 Å². The molecule has 0 fully saturated rings. The number of hydrazone groups is 1. The number of aromatic hydroxyl groups is 1. The van der Waals surface area contributed by atoms with Crippen molar-refractivity contribution in [3.63, 3.8) is 0 Å². The molecular weight excluding hydrogens is 332 g/mol. The van der Waals surface area contributed by atoms with Crippen molar-refractivity contribution < 1.29 is 14.7 Å². The van der Waals surface area contributed by atoms with Crippen LogP contribution in [0.1, 0.15) is 23.7 Å². The number of phenolic OH excluding ortho intramolecular Hbond substituents is 1. The van der Waals surface area contributed by atoms with Crippen LogP contribution in [-0.2, 0) is 4.79 Å². The van der Waals surface area contributed by atoms with Gasteiger partial charge in [-0.1, -0.05) is 12.1 Å². The first-order chi connectivity index (χ1) is 12.4. The molecule has 0 saturated heterocycles. The molecule has 2 aromatic rings. The van der Waals surface area contributed by atoms with E-state index in [4.69, 9.17) is 0 Å². The van der Waals surface area contributed by atoms with Gasteiger partial charge in [-0.2, -0.15) is 5.10 Å². The second kappa shape index (κ2) is 8.66. The number of carbonyl (C=O) groups is 2. The molecule has 0 radical (unpaired) electrons. The largest absolute Gasteiger partial charge is 0.507 e. The summed E-state index contributed by atoms with van der Waals surface area (Å²) < 4.78 is 0. The molecule has 0 aromatic heterocycles. The van der Waals surface area contributed by atoms with Gasteiger partial charge in [-0.15, -0.1) is 0 Å². The lowest BCUT2D eigenvalue weighted by molar-refractivity contribution is -0.115. The molecule has 0 bridgehead atoms.